The van der Waals surface area contributed by atoms with Crippen LogP contribution < -0.4 is 4.90 Å². The Hall–Kier alpha value is -5.15. The highest BCUT2D eigenvalue weighted by Crippen LogP contribution is 2.66. The summed E-state index contributed by atoms with van der Waals surface area (Å²) in [4.78, 5) is 44.3. The summed E-state index contributed by atoms with van der Waals surface area (Å²) in [5, 5.41) is 22.0. The molecular formula is C30H24N4O5. The van der Waals surface area contributed by atoms with Crippen LogP contribution in [0.5, 0.6) is 0 Å². The number of nitrogens with zero attached hydrogens (tertiary/aromatic N) is 4. The van der Waals surface area contributed by atoms with Gasteiger partial charge in [0.15, 0.2) is 5.41 Å². The smallest absolute Gasteiger partial charge is 0.337 e. The fourth-order valence-electron chi connectivity index (χ4n) is 6.21. The number of methoxy groups -OCH3 is 2. The van der Waals surface area contributed by atoms with Crippen LogP contribution >= 0.6 is 0 Å². The molecule has 5 rings (SSSR count). The Morgan fingerprint density at radius 2 is 1.77 bits per heavy atom. The van der Waals surface area contributed by atoms with Gasteiger partial charge in [-0.05, 0) is 28.8 Å². The topological polar surface area (TPSA) is 124 Å². The summed E-state index contributed by atoms with van der Waals surface area (Å²) >= 11 is 0. The number of hydrogen-bond donors (Lipinski definition) is 0. The summed E-state index contributed by atoms with van der Waals surface area (Å²) in [6.45, 7) is 3.83. The molecule has 0 unspecified atom stereocenters. The van der Waals surface area contributed by atoms with E-state index in [1.807, 2.05) is 12.1 Å². The Balaban J connectivity index is 2.03. The van der Waals surface area contributed by atoms with Crippen LogP contribution in [-0.4, -0.2) is 43.5 Å². The van der Waals surface area contributed by atoms with Crippen LogP contribution in [-0.2, 0) is 29.3 Å². The molecule has 0 aromatic heterocycles. The average Bonchev–Trinajstić information content (AvgIpc) is 3.21. The van der Waals surface area contributed by atoms with E-state index in [1.54, 1.807) is 53.6 Å². The molecule has 0 fully saturated rings. The third-order valence-electron chi connectivity index (χ3n) is 7.72. The molecule has 1 amide bonds. The molecule has 0 N–H and O–H groups in total. The lowest BCUT2D eigenvalue weighted by Crippen LogP contribution is -2.63. The maximum absolute atomic E-state index is 14.8. The fourth-order valence-corrected chi connectivity index (χ4v) is 6.21. The number of ether oxygens (including phenoxy) is 2. The van der Waals surface area contributed by atoms with E-state index < -0.39 is 41.1 Å². The first kappa shape index (κ1) is 25.5. The van der Waals surface area contributed by atoms with Crippen LogP contribution in [0.3, 0.4) is 0 Å². The zero-order valence-electron chi connectivity index (χ0n) is 21.4. The lowest BCUT2D eigenvalue weighted by atomic mass is 9.51. The van der Waals surface area contributed by atoms with Gasteiger partial charge in [-0.25, -0.2) is 4.79 Å². The van der Waals surface area contributed by atoms with E-state index in [2.05, 4.69) is 18.7 Å². The number of rotatable bonds is 5. The summed E-state index contributed by atoms with van der Waals surface area (Å²) in [5.41, 5.74) is -2.35. The molecule has 0 aliphatic carbocycles. The average molecular weight is 521 g/mol. The molecule has 0 saturated heterocycles. The number of fused-ring (bicyclic) bond motifs is 5. The Labute approximate surface area is 225 Å². The van der Waals surface area contributed by atoms with Crippen LogP contribution in [0.4, 0.5) is 5.69 Å². The summed E-state index contributed by atoms with van der Waals surface area (Å²) in [5.74, 6) is -2.25. The number of carbonyl (C=O) groups is 3. The minimum atomic E-state index is -2.17. The third kappa shape index (κ3) is 3.14. The number of esters is 2. The number of carbonyl (C=O) groups excluding carboxylic acids is 3. The first-order valence-corrected chi connectivity index (χ1v) is 12.2. The Morgan fingerprint density at radius 3 is 2.44 bits per heavy atom. The lowest BCUT2D eigenvalue weighted by Gasteiger charge is -2.53. The van der Waals surface area contributed by atoms with Crippen molar-refractivity contribution in [2.24, 2.45) is 5.41 Å². The summed E-state index contributed by atoms with van der Waals surface area (Å²) in [6, 6.07) is 17.3. The van der Waals surface area contributed by atoms with Crippen LogP contribution in [0.2, 0.25) is 0 Å². The predicted octanol–water partition coefficient (Wildman–Crippen LogP) is 3.52. The molecule has 39 heavy (non-hydrogen) atoms. The van der Waals surface area contributed by atoms with E-state index in [9.17, 15) is 24.9 Å². The highest BCUT2D eigenvalue weighted by Gasteiger charge is 2.74. The molecule has 2 atom stereocenters. The minimum Gasteiger partial charge on any atom is -0.469 e. The van der Waals surface area contributed by atoms with Crippen molar-refractivity contribution >= 4 is 29.6 Å². The second-order valence-corrected chi connectivity index (χ2v) is 9.32. The molecule has 0 saturated carbocycles. The van der Waals surface area contributed by atoms with Crippen molar-refractivity contribution in [1.29, 1.82) is 10.5 Å². The molecule has 3 heterocycles. The second kappa shape index (κ2) is 9.30. The molecule has 2 aromatic carbocycles. The first-order chi connectivity index (χ1) is 18.9. The molecule has 3 aliphatic rings. The molecule has 194 valence electrons. The molecule has 1 spiro atoms. The van der Waals surface area contributed by atoms with Gasteiger partial charge >= 0.3 is 11.9 Å². The van der Waals surface area contributed by atoms with Gasteiger partial charge in [-0.2, -0.15) is 10.5 Å². The van der Waals surface area contributed by atoms with E-state index in [-0.39, 0.29) is 17.8 Å². The maximum Gasteiger partial charge on any atom is 0.337 e. The maximum atomic E-state index is 14.8. The Bertz CT molecular complexity index is 1560. The fraction of sp³-hybridized carbons (Fsp3) is 0.233. The normalized spacial score (nSPS) is 21.8. The number of para-hydroxylation sites is 1. The highest BCUT2D eigenvalue weighted by atomic mass is 16.5. The zero-order chi connectivity index (χ0) is 27.9. The van der Waals surface area contributed by atoms with Gasteiger partial charge in [0.1, 0.15) is 5.41 Å². The van der Waals surface area contributed by atoms with Crippen molar-refractivity contribution in [3.8, 4) is 12.1 Å². The quantitative estimate of drug-likeness (QED) is 0.433. The SMILES string of the molecule is C=CCN1C(=O)[C@@]2(C(C(=O)OC)=C(CC(=O)OC)N3C=Cc4ccccc4[C@H]3C2(C#N)C#N)c2ccccc21. The second-order valence-electron chi connectivity index (χ2n) is 9.32. The van der Waals surface area contributed by atoms with Crippen molar-refractivity contribution in [2.45, 2.75) is 17.9 Å². The lowest BCUT2D eigenvalue weighted by molar-refractivity contribution is -0.142. The van der Waals surface area contributed by atoms with Gasteiger partial charge < -0.3 is 19.3 Å². The van der Waals surface area contributed by atoms with Gasteiger partial charge in [-0.15, -0.1) is 6.58 Å². The number of amides is 1. The van der Waals surface area contributed by atoms with Crippen molar-refractivity contribution in [2.75, 3.05) is 25.7 Å². The van der Waals surface area contributed by atoms with E-state index in [4.69, 9.17) is 9.47 Å². The largest absolute Gasteiger partial charge is 0.469 e. The van der Waals surface area contributed by atoms with Crippen molar-refractivity contribution < 1.29 is 23.9 Å². The molecule has 0 radical (unpaired) electrons. The predicted molar refractivity (Wildman–Crippen MR) is 140 cm³/mol. The van der Waals surface area contributed by atoms with Gasteiger partial charge in [-0.3, -0.25) is 9.59 Å². The van der Waals surface area contributed by atoms with Crippen LogP contribution in [0.15, 0.2) is 78.7 Å². The van der Waals surface area contributed by atoms with Gasteiger partial charge in [0.05, 0.1) is 44.4 Å². The van der Waals surface area contributed by atoms with Gasteiger partial charge in [0.2, 0.25) is 5.91 Å². The number of hydrogen-bond acceptors (Lipinski definition) is 8. The Morgan fingerprint density at radius 1 is 1.08 bits per heavy atom. The van der Waals surface area contributed by atoms with Crippen LogP contribution in [0.25, 0.3) is 6.08 Å². The van der Waals surface area contributed by atoms with E-state index in [0.29, 0.717) is 16.8 Å². The minimum absolute atomic E-state index is 0.0657. The molecule has 3 aliphatic heterocycles. The molecule has 9 nitrogen and oxygen atoms in total. The van der Waals surface area contributed by atoms with Gasteiger partial charge in [0.25, 0.3) is 0 Å². The van der Waals surface area contributed by atoms with Crippen molar-refractivity contribution in [1.82, 2.24) is 4.90 Å². The molecule has 9 heteroatoms. The first-order valence-electron chi connectivity index (χ1n) is 12.2. The molecule has 2 aromatic rings. The van der Waals surface area contributed by atoms with E-state index in [0.717, 1.165) is 12.7 Å². The number of benzene rings is 2. The Kier molecular flexibility index (Phi) is 6.08. The van der Waals surface area contributed by atoms with Gasteiger partial charge in [0, 0.05) is 24.1 Å². The summed E-state index contributed by atoms with van der Waals surface area (Å²) < 4.78 is 10.2. The third-order valence-corrected chi connectivity index (χ3v) is 7.72. The van der Waals surface area contributed by atoms with E-state index in [1.165, 1.54) is 18.1 Å². The summed E-state index contributed by atoms with van der Waals surface area (Å²) in [6.07, 6.45) is 4.51. The monoisotopic (exact) mass is 520 g/mol. The van der Waals surface area contributed by atoms with Crippen molar-refractivity contribution in [3.63, 3.8) is 0 Å². The van der Waals surface area contributed by atoms with Crippen LogP contribution in [0.1, 0.15) is 29.2 Å². The number of anilines is 1. The molecule has 0 bridgehead atoms. The molecular weight excluding hydrogens is 496 g/mol. The number of nitriles is 2. The van der Waals surface area contributed by atoms with Crippen molar-refractivity contribution in [3.05, 3.63) is 95.3 Å². The van der Waals surface area contributed by atoms with Crippen LogP contribution in [0, 0.1) is 28.1 Å². The highest BCUT2D eigenvalue weighted by molar-refractivity contribution is 6.17. The standard InChI is InChI=1S/C30H24N4O5/c1-4-14-34-22-12-8-7-11-21(22)30(28(34)37)25(27(36)39-3)23(16-24(35)38-2)33-15-13-19-9-5-6-10-20(19)26(33)29(30,17-31)18-32/h4-13,15,26H,1,14,16H2,2-3H3/t26-,30-/m0/s1. The zero-order valence-corrected chi connectivity index (χ0v) is 21.4. The van der Waals surface area contributed by atoms with Gasteiger partial charge in [-0.1, -0.05) is 48.5 Å². The van der Waals surface area contributed by atoms with E-state index >= 15 is 0 Å². The summed E-state index contributed by atoms with van der Waals surface area (Å²) in [7, 11) is 2.37.